The fourth-order valence-electron chi connectivity index (χ4n) is 2.59. The molecule has 0 aromatic rings. The van der Waals surface area contributed by atoms with Crippen molar-refractivity contribution < 1.29 is 0 Å². The fraction of sp³-hybridized carbons (Fsp3) is 0.923. The SMILES string of the molecule is C[C@@H]1CCC[C@@H](C)N1CCCCCC#N. The van der Waals surface area contributed by atoms with Gasteiger partial charge in [0.1, 0.15) is 0 Å². The van der Waals surface area contributed by atoms with E-state index in [4.69, 9.17) is 5.26 Å². The molecular formula is C13H24N2. The van der Waals surface area contributed by atoms with E-state index in [0.29, 0.717) is 0 Å². The highest BCUT2D eigenvalue weighted by Crippen LogP contribution is 2.22. The molecule has 0 saturated carbocycles. The summed E-state index contributed by atoms with van der Waals surface area (Å²) in [6.45, 7) is 5.93. The van der Waals surface area contributed by atoms with E-state index in [9.17, 15) is 0 Å². The third-order valence-electron chi connectivity index (χ3n) is 3.58. The van der Waals surface area contributed by atoms with E-state index >= 15 is 0 Å². The van der Waals surface area contributed by atoms with Crippen LogP contribution in [-0.4, -0.2) is 23.5 Å². The number of hydrogen-bond donors (Lipinski definition) is 0. The second kappa shape index (κ2) is 6.85. The van der Waals surface area contributed by atoms with Gasteiger partial charge >= 0.3 is 0 Å². The average Bonchev–Trinajstić information content (AvgIpc) is 2.21. The van der Waals surface area contributed by atoms with Gasteiger partial charge in [-0.05, 0) is 46.1 Å². The lowest BCUT2D eigenvalue weighted by Gasteiger charge is -2.39. The van der Waals surface area contributed by atoms with Crippen LogP contribution >= 0.6 is 0 Å². The Balaban J connectivity index is 2.15. The van der Waals surface area contributed by atoms with Crippen molar-refractivity contribution in [3.8, 4) is 6.07 Å². The zero-order chi connectivity index (χ0) is 11.1. The first-order chi connectivity index (χ1) is 7.25. The standard InChI is InChI=1S/C13H24N2/c1-12-8-7-9-13(2)15(12)11-6-4-3-5-10-14/h12-13H,3-9,11H2,1-2H3/t12-,13-/m1/s1. The molecule has 1 aliphatic rings. The predicted molar refractivity (Wildman–Crippen MR) is 63.6 cm³/mol. The van der Waals surface area contributed by atoms with E-state index in [1.165, 1.54) is 38.6 Å². The van der Waals surface area contributed by atoms with Gasteiger partial charge in [0, 0.05) is 18.5 Å². The summed E-state index contributed by atoms with van der Waals surface area (Å²) >= 11 is 0. The third kappa shape index (κ3) is 4.22. The highest BCUT2D eigenvalue weighted by atomic mass is 15.2. The van der Waals surface area contributed by atoms with Gasteiger partial charge in [0.2, 0.25) is 0 Å². The summed E-state index contributed by atoms with van der Waals surface area (Å²) in [5.74, 6) is 0. The van der Waals surface area contributed by atoms with E-state index in [1.54, 1.807) is 0 Å². The molecule has 0 spiro atoms. The second-order valence-electron chi connectivity index (χ2n) is 4.84. The van der Waals surface area contributed by atoms with E-state index in [0.717, 1.165) is 24.9 Å². The smallest absolute Gasteiger partial charge is 0.0621 e. The summed E-state index contributed by atoms with van der Waals surface area (Å²) in [6.07, 6.45) is 8.40. The van der Waals surface area contributed by atoms with Crippen molar-refractivity contribution >= 4 is 0 Å². The van der Waals surface area contributed by atoms with Crippen molar-refractivity contribution in [1.82, 2.24) is 4.90 Å². The molecule has 0 aromatic carbocycles. The monoisotopic (exact) mass is 208 g/mol. The lowest BCUT2D eigenvalue weighted by Crippen LogP contribution is -2.44. The minimum Gasteiger partial charge on any atom is -0.298 e. The molecule has 1 aliphatic heterocycles. The Bertz CT molecular complexity index is 197. The molecule has 1 fully saturated rings. The number of likely N-dealkylation sites (tertiary alicyclic amines) is 1. The summed E-state index contributed by atoms with van der Waals surface area (Å²) in [4.78, 5) is 2.65. The minimum atomic E-state index is 0.727. The number of rotatable bonds is 5. The van der Waals surface area contributed by atoms with Gasteiger partial charge in [0.05, 0.1) is 6.07 Å². The molecule has 2 heteroatoms. The molecule has 1 saturated heterocycles. The van der Waals surface area contributed by atoms with Crippen LogP contribution in [0.1, 0.15) is 58.8 Å². The van der Waals surface area contributed by atoms with Crippen molar-refractivity contribution in [1.29, 1.82) is 5.26 Å². The first-order valence-electron chi connectivity index (χ1n) is 6.38. The van der Waals surface area contributed by atoms with Crippen LogP contribution in [0.15, 0.2) is 0 Å². The summed E-state index contributed by atoms with van der Waals surface area (Å²) < 4.78 is 0. The fourth-order valence-corrected chi connectivity index (χ4v) is 2.59. The number of unbranched alkanes of at least 4 members (excludes halogenated alkanes) is 3. The molecule has 15 heavy (non-hydrogen) atoms. The molecular weight excluding hydrogens is 184 g/mol. The van der Waals surface area contributed by atoms with E-state index in [-0.39, 0.29) is 0 Å². The van der Waals surface area contributed by atoms with Crippen LogP contribution in [0.25, 0.3) is 0 Å². The number of nitrogens with zero attached hydrogens (tertiary/aromatic N) is 2. The molecule has 0 bridgehead atoms. The molecule has 2 nitrogen and oxygen atoms in total. The van der Waals surface area contributed by atoms with Crippen LogP contribution < -0.4 is 0 Å². The molecule has 1 heterocycles. The first-order valence-corrected chi connectivity index (χ1v) is 6.38. The Morgan fingerprint density at radius 2 is 1.80 bits per heavy atom. The maximum Gasteiger partial charge on any atom is 0.0621 e. The van der Waals surface area contributed by atoms with Crippen molar-refractivity contribution in [2.45, 2.75) is 70.9 Å². The largest absolute Gasteiger partial charge is 0.298 e. The van der Waals surface area contributed by atoms with E-state index in [1.807, 2.05) is 0 Å². The van der Waals surface area contributed by atoms with Gasteiger partial charge in [-0.3, -0.25) is 4.90 Å². The molecule has 1 rings (SSSR count). The van der Waals surface area contributed by atoms with Crippen molar-refractivity contribution in [3.05, 3.63) is 0 Å². The maximum absolute atomic E-state index is 8.44. The average molecular weight is 208 g/mol. The zero-order valence-corrected chi connectivity index (χ0v) is 10.2. The summed E-state index contributed by atoms with van der Waals surface area (Å²) in [5, 5.41) is 8.44. The molecule has 0 N–H and O–H groups in total. The van der Waals surface area contributed by atoms with Crippen molar-refractivity contribution in [2.75, 3.05) is 6.54 Å². The van der Waals surface area contributed by atoms with E-state index in [2.05, 4.69) is 24.8 Å². The van der Waals surface area contributed by atoms with Crippen molar-refractivity contribution in [2.24, 2.45) is 0 Å². The van der Waals surface area contributed by atoms with Gasteiger partial charge in [-0.15, -0.1) is 0 Å². The van der Waals surface area contributed by atoms with Gasteiger partial charge < -0.3 is 0 Å². The normalized spacial score (nSPS) is 27.5. The number of nitriles is 1. The first kappa shape index (κ1) is 12.5. The molecule has 0 amide bonds. The number of hydrogen-bond acceptors (Lipinski definition) is 2. The van der Waals surface area contributed by atoms with Crippen LogP contribution in [-0.2, 0) is 0 Å². The lowest BCUT2D eigenvalue weighted by molar-refractivity contribution is 0.101. The van der Waals surface area contributed by atoms with Gasteiger partial charge in [0.15, 0.2) is 0 Å². The highest BCUT2D eigenvalue weighted by molar-refractivity contribution is 4.79. The highest BCUT2D eigenvalue weighted by Gasteiger charge is 2.23. The Hall–Kier alpha value is -0.550. The van der Waals surface area contributed by atoms with Gasteiger partial charge in [-0.1, -0.05) is 12.8 Å². The minimum absolute atomic E-state index is 0.727. The van der Waals surface area contributed by atoms with Gasteiger partial charge in [-0.25, -0.2) is 0 Å². The maximum atomic E-state index is 8.44. The Morgan fingerprint density at radius 1 is 1.13 bits per heavy atom. The van der Waals surface area contributed by atoms with Crippen LogP contribution in [0.5, 0.6) is 0 Å². The molecule has 2 atom stereocenters. The zero-order valence-electron chi connectivity index (χ0n) is 10.2. The molecule has 0 aliphatic carbocycles. The Morgan fingerprint density at radius 3 is 2.40 bits per heavy atom. The molecule has 0 radical (unpaired) electrons. The quantitative estimate of drug-likeness (QED) is 0.648. The summed E-state index contributed by atoms with van der Waals surface area (Å²) in [6, 6.07) is 3.75. The molecule has 86 valence electrons. The van der Waals surface area contributed by atoms with Crippen LogP contribution in [0.2, 0.25) is 0 Å². The van der Waals surface area contributed by atoms with Crippen molar-refractivity contribution in [3.63, 3.8) is 0 Å². The predicted octanol–water partition coefficient (Wildman–Crippen LogP) is 3.33. The van der Waals surface area contributed by atoms with Gasteiger partial charge in [0.25, 0.3) is 0 Å². The van der Waals surface area contributed by atoms with Crippen LogP contribution in [0, 0.1) is 11.3 Å². The van der Waals surface area contributed by atoms with E-state index < -0.39 is 0 Å². The third-order valence-corrected chi connectivity index (χ3v) is 3.58. The summed E-state index contributed by atoms with van der Waals surface area (Å²) in [5.41, 5.74) is 0. The van der Waals surface area contributed by atoms with Crippen LogP contribution in [0.3, 0.4) is 0 Å². The molecule has 0 aromatic heterocycles. The summed E-state index contributed by atoms with van der Waals surface area (Å²) in [7, 11) is 0. The Labute approximate surface area is 94.3 Å². The molecule has 0 unspecified atom stereocenters. The number of piperidine rings is 1. The lowest BCUT2D eigenvalue weighted by atomic mass is 9.97. The topological polar surface area (TPSA) is 27.0 Å². The Kier molecular flexibility index (Phi) is 5.71. The van der Waals surface area contributed by atoms with Crippen LogP contribution in [0.4, 0.5) is 0 Å². The second-order valence-corrected chi connectivity index (χ2v) is 4.84. The van der Waals surface area contributed by atoms with Gasteiger partial charge in [-0.2, -0.15) is 5.26 Å².